The number of aliphatic carboxylic acids is 1. The second-order valence-electron chi connectivity index (χ2n) is 6.02. The summed E-state index contributed by atoms with van der Waals surface area (Å²) in [5.74, 6) is -0.114. The van der Waals surface area contributed by atoms with Crippen LogP contribution in [0.3, 0.4) is 0 Å². The van der Waals surface area contributed by atoms with Crippen molar-refractivity contribution in [2.24, 2.45) is 5.92 Å². The van der Waals surface area contributed by atoms with Crippen LogP contribution in [0, 0.1) is 5.92 Å². The van der Waals surface area contributed by atoms with Crippen LogP contribution in [0.2, 0.25) is 0 Å². The van der Waals surface area contributed by atoms with Crippen LogP contribution >= 0.6 is 0 Å². The van der Waals surface area contributed by atoms with Crippen molar-refractivity contribution in [3.63, 3.8) is 0 Å². The number of carbonyl (C=O) groups is 1. The van der Waals surface area contributed by atoms with Crippen molar-refractivity contribution in [3.8, 4) is 0 Å². The Morgan fingerprint density at radius 3 is 2.50 bits per heavy atom. The van der Waals surface area contributed by atoms with E-state index in [2.05, 4.69) is 34.4 Å². The molecule has 1 unspecified atom stereocenters. The molecule has 0 aliphatic heterocycles. The second kappa shape index (κ2) is 7.27. The predicted molar refractivity (Wildman–Crippen MR) is 93.6 cm³/mol. The number of hydrogen-bond acceptors (Lipinski definition) is 5. The van der Waals surface area contributed by atoms with Gasteiger partial charge in [0.25, 0.3) is 0 Å². The lowest BCUT2D eigenvalue weighted by atomic mass is 10.1. The molecular formula is C17H22N4O3. The lowest BCUT2D eigenvalue weighted by molar-refractivity contribution is -0.145. The minimum Gasteiger partial charge on any atom is -0.479 e. The number of hydrogen-bond donors (Lipinski definition) is 3. The smallest absolute Gasteiger partial charge is 0.332 e. The normalized spacial score (nSPS) is 12.2. The van der Waals surface area contributed by atoms with Gasteiger partial charge in [0.2, 0.25) is 0 Å². The number of carboxylic acid groups (broad SMARTS) is 1. The molecule has 7 heteroatoms. The fourth-order valence-corrected chi connectivity index (χ4v) is 2.34. The largest absolute Gasteiger partial charge is 0.479 e. The van der Waals surface area contributed by atoms with Gasteiger partial charge in [-0.05, 0) is 18.9 Å². The summed E-state index contributed by atoms with van der Waals surface area (Å²) in [5, 5.41) is 16.9. The summed E-state index contributed by atoms with van der Waals surface area (Å²) in [5.41, 5.74) is 8.79. The van der Waals surface area contributed by atoms with E-state index >= 15 is 0 Å². The SMILES string of the molecule is CC(C)Cn1cnc2c(N)nc3ccccc3c21.CC(O)C(=O)O. The Balaban J connectivity index is 0.000000301. The summed E-state index contributed by atoms with van der Waals surface area (Å²) in [6.07, 6.45) is 0.625. The molecule has 0 radical (unpaired) electrons. The molecule has 4 N–H and O–H groups in total. The summed E-state index contributed by atoms with van der Waals surface area (Å²) in [4.78, 5) is 18.2. The summed E-state index contributed by atoms with van der Waals surface area (Å²) >= 11 is 0. The number of aliphatic hydroxyl groups is 1. The van der Waals surface area contributed by atoms with E-state index in [1.807, 2.05) is 24.5 Å². The molecule has 0 aliphatic carbocycles. The number of benzene rings is 1. The Labute approximate surface area is 139 Å². The second-order valence-corrected chi connectivity index (χ2v) is 6.02. The van der Waals surface area contributed by atoms with E-state index in [0.29, 0.717) is 11.7 Å². The van der Waals surface area contributed by atoms with Gasteiger partial charge in [-0.3, -0.25) is 0 Å². The highest BCUT2D eigenvalue weighted by Crippen LogP contribution is 2.27. The molecule has 0 aliphatic rings. The van der Waals surface area contributed by atoms with Crippen LogP contribution < -0.4 is 5.73 Å². The monoisotopic (exact) mass is 330 g/mol. The zero-order valence-electron chi connectivity index (χ0n) is 14.0. The summed E-state index contributed by atoms with van der Waals surface area (Å²) in [6, 6.07) is 8.05. The third kappa shape index (κ3) is 3.80. The van der Waals surface area contributed by atoms with Gasteiger partial charge in [-0.2, -0.15) is 0 Å². The lowest BCUT2D eigenvalue weighted by Gasteiger charge is -2.09. The topological polar surface area (TPSA) is 114 Å². The molecule has 1 atom stereocenters. The number of nitrogens with zero attached hydrogens (tertiary/aromatic N) is 3. The Morgan fingerprint density at radius 2 is 1.92 bits per heavy atom. The van der Waals surface area contributed by atoms with Crippen molar-refractivity contribution in [2.45, 2.75) is 33.4 Å². The average molecular weight is 330 g/mol. The van der Waals surface area contributed by atoms with E-state index in [4.69, 9.17) is 15.9 Å². The van der Waals surface area contributed by atoms with Crippen molar-refractivity contribution in [3.05, 3.63) is 30.6 Å². The number of anilines is 1. The van der Waals surface area contributed by atoms with Crippen LogP contribution in [0.1, 0.15) is 20.8 Å². The maximum atomic E-state index is 9.45. The molecule has 0 saturated heterocycles. The summed E-state index contributed by atoms with van der Waals surface area (Å²) < 4.78 is 2.17. The number of aromatic nitrogens is 3. The number of carboxylic acids is 1. The first-order valence-electron chi connectivity index (χ1n) is 7.71. The molecule has 3 rings (SSSR count). The molecular weight excluding hydrogens is 308 g/mol. The van der Waals surface area contributed by atoms with Crippen molar-refractivity contribution >= 4 is 33.7 Å². The van der Waals surface area contributed by atoms with E-state index in [-0.39, 0.29) is 0 Å². The summed E-state index contributed by atoms with van der Waals surface area (Å²) in [7, 11) is 0. The van der Waals surface area contributed by atoms with Gasteiger partial charge in [0.05, 0.1) is 17.4 Å². The van der Waals surface area contributed by atoms with Crippen LogP contribution in [0.4, 0.5) is 5.82 Å². The minimum atomic E-state index is -1.23. The zero-order chi connectivity index (χ0) is 17.9. The lowest BCUT2D eigenvalue weighted by Crippen LogP contribution is -2.13. The molecule has 0 spiro atoms. The maximum Gasteiger partial charge on any atom is 0.332 e. The number of nitrogens with two attached hydrogens (primary N) is 1. The molecule has 0 fully saturated rings. The third-order valence-corrected chi connectivity index (χ3v) is 3.40. The van der Waals surface area contributed by atoms with Gasteiger partial charge in [-0.15, -0.1) is 0 Å². The number of nitrogen functional groups attached to an aromatic ring is 1. The van der Waals surface area contributed by atoms with Crippen LogP contribution in [0.5, 0.6) is 0 Å². The summed E-state index contributed by atoms with van der Waals surface area (Å²) in [6.45, 7) is 6.52. The highest BCUT2D eigenvalue weighted by molar-refractivity contribution is 6.06. The first-order chi connectivity index (χ1) is 11.3. The Kier molecular flexibility index (Phi) is 5.35. The van der Waals surface area contributed by atoms with Crippen LogP contribution in [-0.4, -0.2) is 36.8 Å². The molecule has 2 heterocycles. The predicted octanol–water partition coefficient (Wildman–Crippen LogP) is 2.27. The number of aliphatic hydroxyl groups excluding tert-OH is 1. The van der Waals surface area contributed by atoms with E-state index in [9.17, 15) is 4.79 Å². The molecule has 0 saturated carbocycles. The van der Waals surface area contributed by atoms with Crippen LogP contribution in [0.15, 0.2) is 30.6 Å². The molecule has 0 bridgehead atoms. The van der Waals surface area contributed by atoms with Gasteiger partial charge in [0.15, 0.2) is 5.82 Å². The van der Waals surface area contributed by atoms with E-state index in [1.54, 1.807) is 0 Å². The fourth-order valence-electron chi connectivity index (χ4n) is 2.34. The maximum absolute atomic E-state index is 9.45. The van der Waals surface area contributed by atoms with Crippen molar-refractivity contribution in [2.75, 3.05) is 5.73 Å². The van der Waals surface area contributed by atoms with Crippen molar-refractivity contribution < 1.29 is 15.0 Å². The highest BCUT2D eigenvalue weighted by atomic mass is 16.4. The van der Waals surface area contributed by atoms with Crippen molar-refractivity contribution in [1.29, 1.82) is 0 Å². The van der Waals surface area contributed by atoms with Crippen molar-refractivity contribution in [1.82, 2.24) is 14.5 Å². The Morgan fingerprint density at radius 1 is 1.29 bits per heavy atom. The van der Waals surface area contributed by atoms with Gasteiger partial charge in [0.1, 0.15) is 11.6 Å². The molecule has 128 valence electrons. The molecule has 0 amide bonds. The first-order valence-corrected chi connectivity index (χ1v) is 7.71. The van der Waals surface area contributed by atoms with E-state index < -0.39 is 12.1 Å². The minimum absolute atomic E-state index is 0.506. The number of fused-ring (bicyclic) bond motifs is 3. The Hall–Kier alpha value is -2.67. The molecule has 2 aromatic heterocycles. The van der Waals surface area contributed by atoms with Gasteiger partial charge >= 0.3 is 5.97 Å². The Bertz CT molecular complexity index is 856. The number of rotatable bonds is 3. The average Bonchev–Trinajstić information content (AvgIpc) is 2.92. The van der Waals surface area contributed by atoms with Crippen LogP contribution in [0.25, 0.3) is 21.9 Å². The standard InChI is InChI=1S/C14H16N4.C3H6O3/c1-9(2)7-18-8-16-12-13(18)10-5-3-4-6-11(10)17-14(12)15;1-2(4)3(5)6/h3-6,8-9H,7H2,1-2H3,(H2,15,17);2,4H,1H3,(H,5,6). The quantitative estimate of drug-likeness (QED) is 0.679. The number of imidazole rings is 1. The van der Waals surface area contributed by atoms with Gasteiger partial charge in [0, 0.05) is 11.9 Å². The number of para-hydroxylation sites is 1. The van der Waals surface area contributed by atoms with Gasteiger partial charge in [-0.25, -0.2) is 14.8 Å². The first kappa shape index (κ1) is 17.7. The van der Waals surface area contributed by atoms with E-state index in [0.717, 1.165) is 28.5 Å². The van der Waals surface area contributed by atoms with E-state index in [1.165, 1.54) is 6.92 Å². The zero-order valence-corrected chi connectivity index (χ0v) is 14.0. The molecule has 3 aromatic rings. The molecule has 7 nitrogen and oxygen atoms in total. The van der Waals surface area contributed by atoms with Gasteiger partial charge in [-0.1, -0.05) is 32.0 Å². The molecule has 1 aromatic carbocycles. The fraction of sp³-hybridized carbons (Fsp3) is 0.353. The third-order valence-electron chi connectivity index (χ3n) is 3.40. The van der Waals surface area contributed by atoms with Crippen LogP contribution in [-0.2, 0) is 11.3 Å². The molecule has 24 heavy (non-hydrogen) atoms. The van der Waals surface area contributed by atoms with Gasteiger partial charge < -0.3 is 20.5 Å². The highest BCUT2D eigenvalue weighted by Gasteiger charge is 2.12. The number of pyridine rings is 1.